The number of hydrogen-bond acceptors (Lipinski definition) is 2. The fraction of sp³-hybridized carbons (Fsp3) is 0.824. The zero-order chi connectivity index (χ0) is 15.8. The predicted octanol–water partition coefficient (Wildman–Crippen LogP) is 4.73. The number of carboxylic acid groups (broad SMARTS) is 1. The van der Waals surface area contributed by atoms with Crippen LogP contribution in [0, 0.1) is 0 Å². The fourth-order valence-electron chi connectivity index (χ4n) is 1.71. The first-order valence-corrected chi connectivity index (χ1v) is 8.01. The second-order valence-electron chi connectivity index (χ2n) is 5.54. The molecule has 0 rings (SSSR count). The van der Waals surface area contributed by atoms with Crippen LogP contribution in [0.4, 0.5) is 0 Å². The lowest BCUT2D eigenvalue weighted by Crippen LogP contribution is -2.12. The van der Waals surface area contributed by atoms with Gasteiger partial charge in [-0.3, -0.25) is 0 Å². The van der Waals surface area contributed by atoms with Gasteiger partial charge in [0.1, 0.15) is 0 Å². The van der Waals surface area contributed by atoms with Crippen LogP contribution in [0.3, 0.4) is 0 Å². The average Bonchev–Trinajstić information content (AvgIpc) is 2.41. The van der Waals surface area contributed by atoms with E-state index in [1.165, 1.54) is 57.9 Å². The molecule has 0 aliphatic carbocycles. The molecule has 0 heterocycles. The van der Waals surface area contributed by atoms with Gasteiger partial charge in [0.05, 0.1) is 0 Å². The Hall–Kier alpha value is -0.830. The SMILES string of the molecule is C=C(CC)C(=O)O.CCCCCCCCCCN(C)C. The van der Waals surface area contributed by atoms with Crippen LogP contribution in [0.15, 0.2) is 12.2 Å². The van der Waals surface area contributed by atoms with Gasteiger partial charge in [-0.05, 0) is 33.5 Å². The summed E-state index contributed by atoms with van der Waals surface area (Å²) < 4.78 is 0. The van der Waals surface area contributed by atoms with Crippen LogP contribution < -0.4 is 0 Å². The van der Waals surface area contributed by atoms with Crippen molar-refractivity contribution in [1.82, 2.24) is 4.90 Å². The van der Waals surface area contributed by atoms with E-state index >= 15 is 0 Å². The van der Waals surface area contributed by atoms with E-state index in [2.05, 4.69) is 32.5 Å². The van der Waals surface area contributed by atoms with Crippen LogP contribution in [-0.2, 0) is 4.79 Å². The summed E-state index contributed by atoms with van der Waals surface area (Å²) >= 11 is 0. The van der Waals surface area contributed by atoms with Crippen LogP contribution in [0.5, 0.6) is 0 Å². The normalized spacial score (nSPS) is 10.1. The van der Waals surface area contributed by atoms with E-state index in [1.54, 1.807) is 6.92 Å². The molecule has 0 saturated carbocycles. The Kier molecular flexibility index (Phi) is 17.4. The molecule has 0 aliphatic heterocycles. The van der Waals surface area contributed by atoms with Crippen LogP contribution in [-0.4, -0.2) is 36.6 Å². The van der Waals surface area contributed by atoms with Crippen molar-refractivity contribution in [3.05, 3.63) is 12.2 Å². The average molecular weight is 285 g/mol. The minimum Gasteiger partial charge on any atom is -0.478 e. The number of unbranched alkanes of at least 4 members (excludes halogenated alkanes) is 7. The van der Waals surface area contributed by atoms with Gasteiger partial charge in [-0.2, -0.15) is 0 Å². The number of carbonyl (C=O) groups is 1. The molecule has 0 radical (unpaired) electrons. The van der Waals surface area contributed by atoms with Crippen LogP contribution in [0.1, 0.15) is 71.6 Å². The van der Waals surface area contributed by atoms with E-state index in [4.69, 9.17) is 5.11 Å². The van der Waals surface area contributed by atoms with Gasteiger partial charge >= 0.3 is 5.97 Å². The molecule has 0 aromatic carbocycles. The standard InChI is InChI=1S/C12H27N.C5H8O2/c1-4-5-6-7-8-9-10-11-12-13(2)3;1-3-4(2)5(6)7/h4-12H2,1-3H3;2-3H2,1H3,(H,6,7). The van der Waals surface area contributed by atoms with Gasteiger partial charge in [0.15, 0.2) is 0 Å². The first-order chi connectivity index (χ1) is 9.45. The van der Waals surface area contributed by atoms with Gasteiger partial charge in [-0.15, -0.1) is 0 Å². The first-order valence-electron chi connectivity index (χ1n) is 8.01. The Morgan fingerprint density at radius 1 is 0.950 bits per heavy atom. The smallest absolute Gasteiger partial charge is 0.330 e. The van der Waals surface area contributed by atoms with Crippen molar-refractivity contribution in [2.45, 2.75) is 71.6 Å². The maximum Gasteiger partial charge on any atom is 0.330 e. The molecule has 3 nitrogen and oxygen atoms in total. The Morgan fingerprint density at radius 2 is 1.40 bits per heavy atom. The molecular weight excluding hydrogens is 250 g/mol. The third-order valence-corrected chi connectivity index (χ3v) is 3.19. The van der Waals surface area contributed by atoms with Crippen molar-refractivity contribution in [2.24, 2.45) is 0 Å². The quantitative estimate of drug-likeness (QED) is 0.441. The summed E-state index contributed by atoms with van der Waals surface area (Å²) in [5.41, 5.74) is 0.264. The van der Waals surface area contributed by atoms with Crippen molar-refractivity contribution in [3.63, 3.8) is 0 Å². The molecule has 0 aromatic heterocycles. The van der Waals surface area contributed by atoms with E-state index in [1.807, 2.05) is 0 Å². The summed E-state index contributed by atoms with van der Waals surface area (Å²) in [5.74, 6) is -0.900. The zero-order valence-electron chi connectivity index (χ0n) is 14.1. The molecular formula is C17H35NO2. The van der Waals surface area contributed by atoms with Gasteiger partial charge < -0.3 is 10.0 Å². The molecule has 0 aromatic rings. The second kappa shape index (κ2) is 16.2. The van der Waals surface area contributed by atoms with Crippen molar-refractivity contribution in [3.8, 4) is 0 Å². The molecule has 120 valence electrons. The number of nitrogens with zero attached hydrogens (tertiary/aromatic N) is 1. The summed E-state index contributed by atoms with van der Waals surface area (Å²) in [4.78, 5) is 12.1. The van der Waals surface area contributed by atoms with Gasteiger partial charge in [-0.25, -0.2) is 4.79 Å². The minimum absolute atomic E-state index is 0.264. The molecule has 0 amide bonds. The molecule has 1 N–H and O–H groups in total. The highest BCUT2D eigenvalue weighted by Gasteiger charge is 1.96. The molecule has 3 heteroatoms. The number of hydrogen-bond donors (Lipinski definition) is 1. The van der Waals surface area contributed by atoms with Gasteiger partial charge in [-0.1, -0.05) is 65.4 Å². The lowest BCUT2D eigenvalue weighted by atomic mass is 10.1. The summed E-state index contributed by atoms with van der Waals surface area (Å²) in [6.07, 6.45) is 11.9. The Morgan fingerprint density at radius 3 is 1.70 bits per heavy atom. The third kappa shape index (κ3) is 19.5. The molecule has 0 spiro atoms. The molecule has 0 bridgehead atoms. The van der Waals surface area contributed by atoms with E-state index in [9.17, 15) is 4.79 Å². The molecule has 20 heavy (non-hydrogen) atoms. The number of rotatable bonds is 11. The zero-order valence-corrected chi connectivity index (χ0v) is 14.1. The second-order valence-corrected chi connectivity index (χ2v) is 5.54. The maximum atomic E-state index is 9.83. The monoisotopic (exact) mass is 285 g/mol. The Bertz CT molecular complexity index is 237. The third-order valence-electron chi connectivity index (χ3n) is 3.19. The predicted molar refractivity (Wildman–Crippen MR) is 88.2 cm³/mol. The largest absolute Gasteiger partial charge is 0.478 e. The van der Waals surface area contributed by atoms with Crippen molar-refractivity contribution in [1.29, 1.82) is 0 Å². The minimum atomic E-state index is -0.900. The highest BCUT2D eigenvalue weighted by Crippen LogP contribution is 2.08. The van der Waals surface area contributed by atoms with Crippen molar-refractivity contribution < 1.29 is 9.90 Å². The molecule has 0 fully saturated rings. The topological polar surface area (TPSA) is 40.5 Å². The molecule has 0 unspecified atom stereocenters. The van der Waals surface area contributed by atoms with Crippen LogP contribution in [0.25, 0.3) is 0 Å². The van der Waals surface area contributed by atoms with Crippen LogP contribution in [0.2, 0.25) is 0 Å². The van der Waals surface area contributed by atoms with Gasteiger partial charge in [0, 0.05) is 5.57 Å². The van der Waals surface area contributed by atoms with Gasteiger partial charge in [0.25, 0.3) is 0 Å². The lowest BCUT2D eigenvalue weighted by molar-refractivity contribution is -0.132. The maximum absolute atomic E-state index is 9.83. The highest BCUT2D eigenvalue weighted by atomic mass is 16.4. The molecule has 0 aliphatic rings. The van der Waals surface area contributed by atoms with E-state index in [0.29, 0.717) is 6.42 Å². The Balaban J connectivity index is 0. The first kappa shape index (κ1) is 21.5. The lowest BCUT2D eigenvalue weighted by Gasteiger charge is -2.08. The molecule has 0 saturated heterocycles. The fourth-order valence-corrected chi connectivity index (χ4v) is 1.71. The van der Waals surface area contributed by atoms with E-state index in [0.717, 1.165) is 0 Å². The summed E-state index contributed by atoms with van der Waals surface area (Å²) in [7, 11) is 4.31. The highest BCUT2D eigenvalue weighted by molar-refractivity contribution is 5.85. The van der Waals surface area contributed by atoms with E-state index in [-0.39, 0.29) is 5.57 Å². The van der Waals surface area contributed by atoms with Crippen molar-refractivity contribution in [2.75, 3.05) is 20.6 Å². The molecule has 0 atom stereocenters. The summed E-state index contributed by atoms with van der Waals surface area (Å²) in [5, 5.41) is 8.08. The van der Waals surface area contributed by atoms with Gasteiger partial charge in [0.2, 0.25) is 0 Å². The summed E-state index contributed by atoms with van der Waals surface area (Å²) in [6.45, 7) is 8.57. The Labute approximate surface area is 126 Å². The summed E-state index contributed by atoms with van der Waals surface area (Å²) in [6, 6.07) is 0. The number of aliphatic carboxylic acids is 1. The number of carboxylic acids is 1. The van der Waals surface area contributed by atoms with Crippen molar-refractivity contribution >= 4 is 5.97 Å². The van der Waals surface area contributed by atoms with E-state index < -0.39 is 5.97 Å². The van der Waals surface area contributed by atoms with Crippen LogP contribution >= 0.6 is 0 Å².